The molecule has 1 heterocycles. The molecule has 1 aliphatic carbocycles. The topological polar surface area (TPSA) is 14.1 Å². The average molecular weight is 136 g/mol. The summed E-state index contributed by atoms with van der Waals surface area (Å²) in [6.07, 6.45) is 9.06. The van der Waals surface area contributed by atoms with Crippen LogP contribution in [0.15, 0.2) is 11.6 Å². The molecule has 0 aromatic rings. The summed E-state index contributed by atoms with van der Waals surface area (Å²) in [7, 11) is 0. The van der Waals surface area contributed by atoms with Gasteiger partial charge in [-0.15, -0.1) is 0 Å². The lowest BCUT2D eigenvalue weighted by atomic mass is 9.87. The number of nitrogens with zero attached hydrogens (tertiary/aromatic N) is 1. The van der Waals surface area contributed by atoms with Crippen LogP contribution in [-0.2, 0) is 0 Å². The number of hydrogen-bond acceptors (Lipinski definition) is 0. The zero-order valence-electron chi connectivity index (χ0n) is 6.34. The minimum atomic E-state index is 0.641. The predicted octanol–water partition coefficient (Wildman–Crippen LogP) is 1.86. The van der Waals surface area contributed by atoms with E-state index in [1.807, 2.05) is 0 Å². The van der Waals surface area contributed by atoms with Gasteiger partial charge < -0.3 is 0 Å². The molecule has 10 heavy (non-hydrogen) atoms. The molecule has 2 aliphatic rings. The van der Waals surface area contributed by atoms with E-state index in [9.17, 15) is 0 Å². The Balaban J connectivity index is 2.08. The molecule has 0 saturated heterocycles. The van der Waals surface area contributed by atoms with Crippen LogP contribution in [0.1, 0.15) is 32.1 Å². The normalized spacial score (nSPS) is 32.8. The summed E-state index contributed by atoms with van der Waals surface area (Å²) in [5.41, 5.74) is 1.64. The first-order valence-corrected chi connectivity index (χ1v) is 4.32. The van der Waals surface area contributed by atoms with E-state index in [-0.39, 0.29) is 0 Å². The van der Waals surface area contributed by atoms with Crippen LogP contribution in [0.2, 0.25) is 0 Å². The smallest absolute Gasteiger partial charge is 0.0455 e. The monoisotopic (exact) mass is 136 g/mol. The summed E-state index contributed by atoms with van der Waals surface area (Å²) in [6.45, 7) is 1.08. The molecule has 0 aromatic carbocycles. The van der Waals surface area contributed by atoms with Crippen molar-refractivity contribution in [3.05, 3.63) is 11.6 Å². The maximum Gasteiger partial charge on any atom is 0.0455 e. The van der Waals surface area contributed by atoms with Crippen molar-refractivity contribution in [1.29, 1.82) is 0 Å². The van der Waals surface area contributed by atoms with Crippen LogP contribution in [0.5, 0.6) is 0 Å². The Bertz CT molecular complexity index is 149. The fraction of sp³-hybridized carbons (Fsp3) is 0.778. The Morgan fingerprint density at radius 3 is 3.30 bits per heavy atom. The first-order chi connectivity index (χ1) is 4.97. The van der Waals surface area contributed by atoms with Gasteiger partial charge in [0, 0.05) is 12.6 Å². The molecule has 0 bridgehead atoms. The maximum atomic E-state index is 4.58. The first kappa shape index (κ1) is 6.41. The lowest BCUT2D eigenvalue weighted by Gasteiger charge is -2.28. The van der Waals surface area contributed by atoms with Gasteiger partial charge in [-0.05, 0) is 25.7 Å². The summed E-state index contributed by atoms with van der Waals surface area (Å²) >= 11 is 0. The molecule has 0 spiro atoms. The van der Waals surface area contributed by atoms with E-state index >= 15 is 0 Å². The first-order valence-electron chi connectivity index (χ1n) is 4.32. The van der Waals surface area contributed by atoms with Gasteiger partial charge in [-0.1, -0.05) is 18.1 Å². The molecule has 1 aliphatic heterocycles. The SMILES string of the molecule is C1=C2CCCCC2[N]CC1. The molecule has 1 heteroatoms. The van der Waals surface area contributed by atoms with Crippen LogP contribution in [0.3, 0.4) is 0 Å². The van der Waals surface area contributed by atoms with Crippen molar-refractivity contribution in [2.24, 2.45) is 0 Å². The summed E-state index contributed by atoms with van der Waals surface area (Å²) in [5.74, 6) is 0. The van der Waals surface area contributed by atoms with Crippen LogP contribution >= 0.6 is 0 Å². The summed E-state index contributed by atoms with van der Waals surface area (Å²) < 4.78 is 0. The molecule has 0 aromatic heterocycles. The van der Waals surface area contributed by atoms with E-state index in [4.69, 9.17) is 0 Å². The Morgan fingerprint density at radius 2 is 2.40 bits per heavy atom. The molecule has 0 N–H and O–H groups in total. The van der Waals surface area contributed by atoms with Gasteiger partial charge in [-0.25, -0.2) is 5.32 Å². The molecular formula is C9H14N. The van der Waals surface area contributed by atoms with Gasteiger partial charge in [0.1, 0.15) is 0 Å². The van der Waals surface area contributed by atoms with Gasteiger partial charge >= 0.3 is 0 Å². The molecule has 1 atom stereocenters. The van der Waals surface area contributed by atoms with Crippen molar-refractivity contribution >= 4 is 0 Å². The van der Waals surface area contributed by atoms with Gasteiger partial charge in [-0.2, -0.15) is 0 Å². The molecular weight excluding hydrogens is 122 g/mol. The second-order valence-electron chi connectivity index (χ2n) is 3.24. The van der Waals surface area contributed by atoms with E-state index in [1.165, 1.54) is 32.1 Å². The average Bonchev–Trinajstić information content (AvgIpc) is 2.05. The molecule has 2 rings (SSSR count). The Kier molecular flexibility index (Phi) is 1.76. The Morgan fingerprint density at radius 1 is 1.40 bits per heavy atom. The van der Waals surface area contributed by atoms with E-state index < -0.39 is 0 Å². The van der Waals surface area contributed by atoms with Crippen molar-refractivity contribution in [3.63, 3.8) is 0 Å². The van der Waals surface area contributed by atoms with E-state index in [2.05, 4.69) is 11.4 Å². The molecule has 1 fully saturated rings. The number of rotatable bonds is 0. The minimum Gasteiger partial charge on any atom is -0.234 e. The van der Waals surface area contributed by atoms with E-state index in [0.717, 1.165) is 6.54 Å². The highest BCUT2D eigenvalue weighted by Crippen LogP contribution is 2.26. The highest BCUT2D eigenvalue weighted by molar-refractivity contribution is 5.15. The zero-order valence-corrected chi connectivity index (χ0v) is 6.34. The van der Waals surface area contributed by atoms with Crippen molar-refractivity contribution in [2.45, 2.75) is 38.1 Å². The van der Waals surface area contributed by atoms with Crippen LogP contribution < -0.4 is 5.32 Å². The number of hydrogen-bond donors (Lipinski definition) is 0. The van der Waals surface area contributed by atoms with Crippen molar-refractivity contribution in [2.75, 3.05) is 6.54 Å². The summed E-state index contributed by atoms with van der Waals surface area (Å²) in [5, 5.41) is 4.58. The van der Waals surface area contributed by atoms with Gasteiger partial charge in [0.25, 0.3) is 0 Å². The summed E-state index contributed by atoms with van der Waals surface area (Å²) in [4.78, 5) is 0. The molecule has 1 unspecified atom stereocenters. The molecule has 0 amide bonds. The largest absolute Gasteiger partial charge is 0.234 e. The van der Waals surface area contributed by atoms with E-state index in [1.54, 1.807) is 5.57 Å². The zero-order chi connectivity index (χ0) is 6.81. The van der Waals surface area contributed by atoms with Crippen molar-refractivity contribution < 1.29 is 0 Å². The fourth-order valence-electron chi connectivity index (χ4n) is 1.95. The molecule has 1 radical (unpaired) electrons. The van der Waals surface area contributed by atoms with Gasteiger partial charge in [0.15, 0.2) is 0 Å². The van der Waals surface area contributed by atoms with Gasteiger partial charge in [0.05, 0.1) is 0 Å². The third-order valence-electron chi connectivity index (χ3n) is 2.51. The van der Waals surface area contributed by atoms with Gasteiger partial charge in [-0.3, -0.25) is 0 Å². The molecule has 1 saturated carbocycles. The van der Waals surface area contributed by atoms with Crippen LogP contribution in [0.25, 0.3) is 0 Å². The molecule has 55 valence electrons. The van der Waals surface area contributed by atoms with E-state index in [0.29, 0.717) is 6.04 Å². The Hall–Kier alpha value is -0.300. The Labute approximate surface area is 62.5 Å². The van der Waals surface area contributed by atoms with Crippen LogP contribution in [-0.4, -0.2) is 12.6 Å². The van der Waals surface area contributed by atoms with Crippen molar-refractivity contribution in [3.8, 4) is 0 Å². The number of fused-ring (bicyclic) bond motifs is 1. The highest BCUT2D eigenvalue weighted by Gasteiger charge is 2.20. The lowest BCUT2D eigenvalue weighted by molar-refractivity contribution is 0.432. The standard InChI is InChI=1S/C9H14N/c1-2-6-9-8(4-1)5-3-7-10-9/h5,9H,1-4,6-7H2. The fourth-order valence-corrected chi connectivity index (χ4v) is 1.95. The van der Waals surface area contributed by atoms with Crippen LogP contribution in [0.4, 0.5) is 0 Å². The third kappa shape index (κ3) is 1.10. The third-order valence-corrected chi connectivity index (χ3v) is 2.51. The highest BCUT2D eigenvalue weighted by atomic mass is 14.9. The molecule has 1 nitrogen and oxygen atoms in total. The maximum absolute atomic E-state index is 4.58. The second-order valence-corrected chi connectivity index (χ2v) is 3.24. The minimum absolute atomic E-state index is 0.641. The lowest BCUT2D eigenvalue weighted by Crippen LogP contribution is -2.30. The van der Waals surface area contributed by atoms with Crippen molar-refractivity contribution in [1.82, 2.24) is 5.32 Å². The van der Waals surface area contributed by atoms with Gasteiger partial charge in [0.2, 0.25) is 0 Å². The second kappa shape index (κ2) is 2.75. The quantitative estimate of drug-likeness (QED) is 0.451. The summed E-state index contributed by atoms with van der Waals surface area (Å²) in [6, 6.07) is 0.641. The van der Waals surface area contributed by atoms with Crippen LogP contribution in [0, 0.1) is 0 Å². The predicted molar refractivity (Wildman–Crippen MR) is 42.0 cm³/mol.